The molecule has 7 nitrogen and oxygen atoms in total. The Morgan fingerprint density at radius 2 is 1.57 bits per heavy atom. The van der Waals surface area contributed by atoms with E-state index >= 15 is 0 Å². The number of aliphatic carboxylic acids is 1. The van der Waals surface area contributed by atoms with Gasteiger partial charge in [0.15, 0.2) is 0 Å². The third-order valence-electron chi connectivity index (χ3n) is 5.64. The molecule has 28 heavy (non-hydrogen) atoms. The van der Waals surface area contributed by atoms with Crippen molar-refractivity contribution in [2.75, 3.05) is 39.3 Å². The van der Waals surface area contributed by atoms with Crippen LogP contribution in [0.2, 0.25) is 0 Å². The zero-order valence-corrected chi connectivity index (χ0v) is 16.3. The molecule has 2 fully saturated rings. The van der Waals surface area contributed by atoms with Crippen LogP contribution in [0.4, 0.5) is 4.79 Å². The van der Waals surface area contributed by atoms with E-state index in [0.29, 0.717) is 38.9 Å². The molecule has 0 spiro atoms. The van der Waals surface area contributed by atoms with E-state index in [2.05, 4.69) is 0 Å². The van der Waals surface area contributed by atoms with Crippen LogP contribution in [0.25, 0.3) is 0 Å². The first kappa shape index (κ1) is 20.2. The van der Waals surface area contributed by atoms with Gasteiger partial charge in [-0.2, -0.15) is 0 Å². The number of carbonyl (C=O) groups excluding carboxylic acids is 2. The van der Waals surface area contributed by atoms with Gasteiger partial charge in [0.05, 0.1) is 0 Å². The quantitative estimate of drug-likeness (QED) is 0.810. The molecule has 2 aliphatic rings. The van der Waals surface area contributed by atoms with Gasteiger partial charge in [0.25, 0.3) is 0 Å². The number of rotatable bonds is 6. The summed E-state index contributed by atoms with van der Waals surface area (Å²) in [5.74, 6) is -1.31. The van der Waals surface area contributed by atoms with Gasteiger partial charge in [-0.15, -0.1) is 0 Å². The van der Waals surface area contributed by atoms with Crippen molar-refractivity contribution in [2.45, 2.75) is 32.1 Å². The number of nitrogens with zero attached hydrogens (tertiary/aromatic N) is 3. The highest BCUT2D eigenvalue weighted by molar-refractivity contribution is 5.83. The molecule has 7 heteroatoms. The number of piperidine rings is 1. The van der Waals surface area contributed by atoms with Crippen LogP contribution in [0.1, 0.15) is 31.2 Å². The lowest BCUT2D eigenvalue weighted by Gasteiger charge is -2.35. The van der Waals surface area contributed by atoms with E-state index < -0.39 is 5.97 Å². The van der Waals surface area contributed by atoms with Crippen LogP contribution < -0.4 is 0 Å². The Labute approximate surface area is 165 Å². The summed E-state index contributed by atoms with van der Waals surface area (Å²) in [5, 5.41) is 9.21. The normalized spacial score (nSPS) is 17.6. The molecule has 152 valence electrons. The maximum absolute atomic E-state index is 12.9. The molecule has 0 unspecified atom stereocenters. The van der Waals surface area contributed by atoms with Crippen molar-refractivity contribution in [3.05, 3.63) is 35.9 Å². The number of carboxylic acids is 1. The van der Waals surface area contributed by atoms with Crippen LogP contribution in [-0.2, 0) is 16.0 Å². The Kier molecular flexibility index (Phi) is 6.90. The van der Waals surface area contributed by atoms with Crippen molar-refractivity contribution in [2.24, 2.45) is 5.92 Å². The fourth-order valence-corrected chi connectivity index (χ4v) is 4.02. The average molecular weight is 387 g/mol. The molecule has 1 aromatic rings. The predicted molar refractivity (Wildman–Crippen MR) is 105 cm³/mol. The third-order valence-corrected chi connectivity index (χ3v) is 5.64. The maximum atomic E-state index is 12.9. The van der Waals surface area contributed by atoms with Crippen molar-refractivity contribution >= 4 is 17.9 Å². The first-order valence-electron chi connectivity index (χ1n) is 10.1. The summed E-state index contributed by atoms with van der Waals surface area (Å²) in [5.41, 5.74) is 1.08. The topological polar surface area (TPSA) is 81.2 Å². The fourth-order valence-electron chi connectivity index (χ4n) is 4.02. The summed E-state index contributed by atoms with van der Waals surface area (Å²) >= 11 is 0. The number of hydrogen-bond acceptors (Lipinski definition) is 3. The molecule has 3 amide bonds. The van der Waals surface area contributed by atoms with Gasteiger partial charge in [-0.3, -0.25) is 9.59 Å². The van der Waals surface area contributed by atoms with E-state index in [4.69, 9.17) is 0 Å². The van der Waals surface area contributed by atoms with Gasteiger partial charge in [0, 0.05) is 38.6 Å². The Morgan fingerprint density at radius 3 is 2.18 bits per heavy atom. The minimum absolute atomic E-state index is 0.0786. The van der Waals surface area contributed by atoms with E-state index in [1.54, 1.807) is 0 Å². The fraction of sp³-hybridized carbons (Fsp3) is 0.571. The van der Waals surface area contributed by atoms with Crippen LogP contribution in [-0.4, -0.2) is 77.0 Å². The van der Waals surface area contributed by atoms with Crippen LogP contribution in [0.15, 0.2) is 30.3 Å². The van der Waals surface area contributed by atoms with Gasteiger partial charge in [-0.1, -0.05) is 30.3 Å². The molecular weight excluding hydrogens is 358 g/mol. The molecule has 1 N–H and O–H groups in total. The summed E-state index contributed by atoms with van der Waals surface area (Å²) < 4.78 is 0. The average Bonchev–Trinajstić information content (AvgIpc) is 3.25. The Balaban J connectivity index is 1.53. The van der Waals surface area contributed by atoms with Gasteiger partial charge in [-0.25, -0.2) is 4.79 Å². The van der Waals surface area contributed by atoms with Gasteiger partial charge in [0.2, 0.25) is 5.91 Å². The minimum Gasteiger partial charge on any atom is -0.480 e. The minimum atomic E-state index is -0.997. The SMILES string of the molecule is O=C(O)CN(CCc1ccccc1)C(=O)C1CCN(C(=O)N2CCCC2)CC1. The number of carboxylic acid groups (broad SMARTS) is 1. The van der Waals surface area contributed by atoms with Crippen LogP contribution in [0.5, 0.6) is 0 Å². The summed E-state index contributed by atoms with van der Waals surface area (Å²) in [4.78, 5) is 41.9. The lowest BCUT2D eigenvalue weighted by molar-refractivity contribution is -0.147. The van der Waals surface area contributed by atoms with Crippen molar-refractivity contribution in [1.82, 2.24) is 14.7 Å². The van der Waals surface area contributed by atoms with Gasteiger partial charge in [-0.05, 0) is 37.7 Å². The third kappa shape index (κ3) is 5.24. The Bertz CT molecular complexity index is 680. The van der Waals surface area contributed by atoms with Crippen molar-refractivity contribution in [3.8, 4) is 0 Å². The van der Waals surface area contributed by atoms with E-state index in [1.807, 2.05) is 40.1 Å². The zero-order chi connectivity index (χ0) is 19.9. The second-order valence-electron chi connectivity index (χ2n) is 7.63. The van der Waals surface area contributed by atoms with Crippen molar-refractivity contribution in [3.63, 3.8) is 0 Å². The lowest BCUT2D eigenvalue weighted by atomic mass is 9.95. The monoisotopic (exact) mass is 387 g/mol. The largest absolute Gasteiger partial charge is 0.480 e. The second kappa shape index (κ2) is 9.57. The molecule has 3 rings (SSSR count). The highest BCUT2D eigenvalue weighted by Gasteiger charge is 2.32. The molecule has 0 saturated carbocycles. The molecule has 1 aromatic carbocycles. The Hall–Kier alpha value is -2.57. The number of urea groups is 1. The maximum Gasteiger partial charge on any atom is 0.323 e. The molecule has 0 bridgehead atoms. The molecule has 0 aliphatic carbocycles. The summed E-state index contributed by atoms with van der Waals surface area (Å²) in [6, 6.07) is 9.84. The Morgan fingerprint density at radius 1 is 0.964 bits per heavy atom. The van der Waals surface area contributed by atoms with Gasteiger partial charge in [0.1, 0.15) is 6.54 Å². The first-order chi connectivity index (χ1) is 13.5. The summed E-state index contributed by atoms with van der Waals surface area (Å²) in [6.45, 7) is 2.88. The highest BCUT2D eigenvalue weighted by atomic mass is 16.4. The van der Waals surface area contributed by atoms with E-state index in [-0.39, 0.29) is 24.4 Å². The zero-order valence-electron chi connectivity index (χ0n) is 16.3. The number of hydrogen-bond donors (Lipinski definition) is 1. The van der Waals surface area contributed by atoms with E-state index in [9.17, 15) is 19.5 Å². The predicted octanol–water partition coefficient (Wildman–Crippen LogP) is 2.07. The number of carbonyl (C=O) groups is 3. The summed E-state index contributed by atoms with van der Waals surface area (Å²) in [7, 11) is 0. The van der Waals surface area contributed by atoms with E-state index in [0.717, 1.165) is 31.5 Å². The second-order valence-corrected chi connectivity index (χ2v) is 7.63. The number of benzene rings is 1. The first-order valence-corrected chi connectivity index (χ1v) is 10.1. The van der Waals surface area contributed by atoms with Crippen molar-refractivity contribution in [1.29, 1.82) is 0 Å². The lowest BCUT2D eigenvalue weighted by Crippen LogP contribution is -2.49. The molecule has 2 saturated heterocycles. The smallest absolute Gasteiger partial charge is 0.323 e. The molecule has 2 heterocycles. The molecule has 0 radical (unpaired) electrons. The van der Waals surface area contributed by atoms with Gasteiger partial charge < -0.3 is 19.8 Å². The summed E-state index contributed by atoms with van der Waals surface area (Å²) in [6.07, 6.45) is 3.95. The molecule has 0 aromatic heterocycles. The number of amides is 3. The van der Waals surface area contributed by atoms with Gasteiger partial charge >= 0.3 is 12.0 Å². The number of likely N-dealkylation sites (tertiary alicyclic amines) is 2. The van der Waals surface area contributed by atoms with Crippen LogP contribution in [0.3, 0.4) is 0 Å². The standard InChI is InChI=1S/C21H29N3O4/c25-19(26)16-24(13-8-17-6-2-1-3-7-17)20(27)18-9-14-23(15-10-18)21(28)22-11-4-5-12-22/h1-3,6-7,18H,4-5,8-16H2,(H,25,26). The van der Waals surface area contributed by atoms with Crippen LogP contribution in [0, 0.1) is 5.92 Å². The molecule has 0 atom stereocenters. The van der Waals surface area contributed by atoms with Crippen molar-refractivity contribution < 1.29 is 19.5 Å². The van der Waals surface area contributed by atoms with Crippen LogP contribution >= 0.6 is 0 Å². The molecule has 2 aliphatic heterocycles. The highest BCUT2D eigenvalue weighted by Crippen LogP contribution is 2.22. The molecular formula is C21H29N3O4. The van der Waals surface area contributed by atoms with E-state index in [1.165, 1.54) is 4.90 Å².